The Bertz CT molecular complexity index is 1310. The normalized spacial score (nSPS) is 21.8. The maximum atomic E-state index is 14.6. The molecule has 2 amide bonds. The first-order chi connectivity index (χ1) is 17.3. The highest BCUT2D eigenvalue weighted by Gasteiger charge is 2.33. The third-order valence-corrected chi connectivity index (χ3v) is 6.86. The van der Waals surface area contributed by atoms with Crippen molar-refractivity contribution in [2.45, 2.75) is 64.2 Å². The zero-order valence-electron chi connectivity index (χ0n) is 20.2. The molecule has 2 aliphatic rings. The summed E-state index contributed by atoms with van der Waals surface area (Å²) in [5.41, 5.74) is 2.73. The second kappa shape index (κ2) is 9.83. The van der Waals surface area contributed by atoms with Gasteiger partial charge in [-0.1, -0.05) is 0 Å². The predicted molar refractivity (Wildman–Crippen MR) is 130 cm³/mol. The fraction of sp³-hybridized carbons (Fsp3) is 0.462. The highest BCUT2D eigenvalue weighted by atomic mass is 19.1. The first-order valence-corrected chi connectivity index (χ1v) is 12.3. The molecule has 2 fully saturated rings. The van der Waals surface area contributed by atoms with E-state index in [9.17, 15) is 18.4 Å². The van der Waals surface area contributed by atoms with Crippen LogP contribution in [0.1, 0.15) is 55.1 Å². The van der Waals surface area contributed by atoms with Crippen molar-refractivity contribution >= 4 is 22.8 Å². The first-order valence-electron chi connectivity index (χ1n) is 12.3. The van der Waals surface area contributed by atoms with E-state index in [1.165, 1.54) is 25.4 Å². The van der Waals surface area contributed by atoms with E-state index in [1.54, 1.807) is 13.0 Å². The van der Waals surface area contributed by atoms with Gasteiger partial charge in [-0.15, -0.1) is 0 Å². The zero-order chi connectivity index (χ0) is 25.4. The van der Waals surface area contributed by atoms with Gasteiger partial charge in [0.25, 0.3) is 5.91 Å². The summed E-state index contributed by atoms with van der Waals surface area (Å²) >= 11 is 0. The van der Waals surface area contributed by atoms with Gasteiger partial charge in [0.15, 0.2) is 0 Å². The van der Waals surface area contributed by atoms with Gasteiger partial charge in [-0.3, -0.25) is 9.59 Å². The average Bonchev–Trinajstić information content (AvgIpc) is 3.59. The second-order valence-electron chi connectivity index (χ2n) is 9.77. The molecule has 0 radical (unpaired) electrons. The monoisotopic (exact) mass is 497 g/mol. The summed E-state index contributed by atoms with van der Waals surface area (Å²) < 4.78 is 34.8. The lowest BCUT2D eigenvalue weighted by Crippen LogP contribution is -2.49. The Morgan fingerprint density at radius 2 is 1.97 bits per heavy atom. The van der Waals surface area contributed by atoms with E-state index in [1.807, 2.05) is 0 Å². The van der Waals surface area contributed by atoms with E-state index in [0.29, 0.717) is 64.7 Å². The number of aromatic amines is 1. The van der Waals surface area contributed by atoms with Crippen LogP contribution in [0.15, 0.2) is 24.5 Å². The van der Waals surface area contributed by atoms with E-state index in [2.05, 4.69) is 25.6 Å². The van der Waals surface area contributed by atoms with Crippen LogP contribution in [0.4, 0.5) is 8.78 Å². The number of halogens is 2. The molecule has 0 aliphatic heterocycles. The minimum Gasteiger partial charge on any atom is -0.493 e. The summed E-state index contributed by atoms with van der Waals surface area (Å²) in [6.45, 7) is 3.68. The van der Waals surface area contributed by atoms with Gasteiger partial charge in [0, 0.05) is 30.6 Å². The number of hydrogen-bond donors (Lipinski definition) is 3. The van der Waals surface area contributed by atoms with Gasteiger partial charge < -0.3 is 20.4 Å². The number of amides is 2. The van der Waals surface area contributed by atoms with E-state index in [0.717, 1.165) is 12.8 Å². The van der Waals surface area contributed by atoms with Crippen molar-refractivity contribution in [2.75, 3.05) is 6.61 Å². The van der Waals surface area contributed by atoms with Crippen molar-refractivity contribution in [3.05, 3.63) is 41.6 Å². The van der Waals surface area contributed by atoms with Crippen LogP contribution in [0.3, 0.4) is 0 Å². The predicted octanol–water partition coefficient (Wildman–Crippen LogP) is 3.99. The van der Waals surface area contributed by atoms with Crippen molar-refractivity contribution < 1.29 is 23.1 Å². The van der Waals surface area contributed by atoms with E-state index >= 15 is 0 Å². The summed E-state index contributed by atoms with van der Waals surface area (Å²) in [6.07, 6.45) is 3.45. The zero-order valence-corrected chi connectivity index (χ0v) is 20.2. The number of aryl methyl sites for hydroxylation is 1. The molecule has 0 bridgehead atoms. The van der Waals surface area contributed by atoms with Crippen molar-refractivity contribution in [2.24, 2.45) is 5.92 Å². The van der Waals surface area contributed by atoms with Crippen LogP contribution >= 0.6 is 0 Å². The van der Waals surface area contributed by atoms with Crippen molar-refractivity contribution in [1.29, 1.82) is 0 Å². The molecule has 10 heteroatoms. The van der Waals surface area contributed by atoms with Crippen LogP contribution in [0.2, 0.25) is 0 Å². The molecule has 2 saturated carbocycles. The number of nitrogens with zero attached hydrogens (tertiary/aromatic N) is 2. The molecule has 2 aliphatic carbocycles. The van der Waals surface area contributed by atoms with Crippen LogP contribution in [0.25, 0.3) is 22.3 Å². The van der Waals surface area contributed by atoms with Crippen molar-refractivity contribution in [1.82, 2.24) is 25.6 Å². The highest BCUT2D eigenvalue weighted by molar-refractivity contribution is 6.09. The Labute approximate surface area is 207 Å². The summed E-state index contributed by atoms with van der Waals surface area (Å²) in [7, 11) is 0. The largest absolute Gasteiger partial charge is 0.493 e. The van der Waals surface area contributed by atoms with Gasteiger partial charge in [0.1, 0.15) is 35.3 Å². The number of nitrogens with one attached hydrogen (secondary N) is 3. The molecule has 0 spiro atoms. The average molecular weight is 498 g/mol. The summed E-state index contributed by atoms with van der Waals surface area (Å²) in [6, 6.07) is 3.41. The lowest BCUT2D eigenvalue weighted by atomic mass is 9.89. The summed E-state index contributed by atoms with van der Waals surface area (Å²) in [5, 5.41) is 5.55. The number of benzene rings is 1. The van der Waals surface area contributed by atoms with Gasteiger partial charge in [-0.25, -0.2) is 18.7 Å². The maximum Gasteiger partial charge on any atom is 0.255 e. The third kappa shape index (κ3) is 5.03. The molecule has 0 saturated heterocycles. The Morgan fingerprint density at radius 3 is 2.69 bits per heavy atom. The van der Waals surface area contributed by atoms with Gasteiger partial charge in [-0.2, -0.15) is 0 Å². The molecular weight excluding hydrogens is 468 g/mol. The molecule has 3 atom stereocenters. The Kier molecular flexibility index (Phi) is 6.59. The number of aromatic nitrogens is 3. The number of ether oxygens (including phenoxy) is 1. The van der Waals surface area contributed by atoms with Crippen LogP contribution in [-0.4, -0.2) is 51.6 Å². The van der Waals surface area contributed by atoms with Gasteiger partial charge in [0.05, 0.1) is 23.7 Å². The Balaban J connectivity index is 1.40. The standard InChI is InChI=1S/C26H29F2N5O3/c1-13-22(26(35)33-17-6-7-20(19(28)10-17)32-14(2)34)24-25(31-13)23(29-12-30-24)18-9-16(27)5-8-21(18)36-11-15-3-4-15/h5,8-9,12,15,17,19-20,31H,3-4,6-7,10-11H2,1-2H3,(H,32,34)(H,33,35)/t17-,19-,20-/m1/s1. The molecule has 36 heavy (non-hydrogen) atoms. The molecule has 5 rings (SSSR count). The van der Waals surface area contributed by atoms with E-state index in [4.69, 9.17) is 4.74 Å². The number of hydrogen-bond acceptors (Lipinski definition) is 5. The minimum atomic E-state index is -1.24. The van der Waals surface area contributed by atoms with Crippen molar-refractivity contribution in [3.8, 4) is 17.0 Å². The topological polar surface area (TPSA) is 109 Å². The van der Waals surface area contributed by atoms with Crippen LogP contribution in [0.5, 0.6) is 5.75 Å². The highest BCUT2D eigenvalue weighted by Crippen LogP contribution is 2.37. The van der Waals surface area contributed by atoms with Crippen molar-refractivity contribution in [3.63, 3.8) is 0 Å². The van der Waals surface area contributed by atoms with Gasteiger partial charge >= 0.3 is 0 Å². The fourth-order valence-electron chi connectivity index (χ4n) is 4.84. The third-order valence-electron chi connectivity index (χ3n) is 6.86. The molecule has 2 aromatic heterocycles. The maximum absolute atomic E-state index is 14.6. The number of fused-ring (bicyclic) bond motifs is 1. The lowest BCUT2D eigenvalue weighted by Gasteiger charge is -2.32. The second-order valence-corrected chi connectivity index (χ2v) is 9.77. The number of carbonyl (C=O) groups is 2. The van der Waals surface area contributed by atoms with Crippen LogP contribution < -0.4 is 15.4 Å². The number of H-pyrrole nitrogens is 1. The molecule has 2 heterocycles. The van der Waals surface area contributed by atoms with E-state index < -0.39 is 18.0 Å². The Morgan fingerprint density at radius 1 is 1.17 bits per heavy atom. The molecular formula is C26H29F2N5O3. The first kappa shape index (κ1) is 24.1. The quantitative estimate of drug-likeness (QED) is 0.458. The Hall–Kier alpha value is -3.56. The minimum absolute atomic E-state index is 0.114. The SMILES string of the molecule is CC(=O)N[C@@H]1CC[C@@H](NC(=O)c2c(C)[nH]c3c(-c4cc(F)ccc4OCC4CC4)ncnc23)C[C@H]1F. The van der Waals surface area contributed by atoms with Gasteiger partial charge in [0.2, 0.25) is 5.91 Å². The van der Waals surface area contributed by atoms with Crippen LogP contribution in [0, 0.1) is 18.7 Å². The van der Waals surface area contributed by atoms with Gasteiger partial charge in [-0.05, 0) is 56.7 Å². The fourth-order valence-corrected chi connectivity index (χ4v) is 4.84. The lowest BCUT2D eigenvalue weighted by molar-refractivity contribution is -0.120. The molecule has 0 unspecified atom stereocenters. The molecule has 8 nitrogen and oxygen atoms in total. The summed E-state index contributed by atoms with van der Waals surface area (Å²) in [5.74, 6) is -0.0232. The molecule has 3 N–H and O–H groups in total. The number of carbonyl (C=O) groups excluding carboxylic acids is 2. The summed E-state index contributed by atoms with van der Waals surface area (Å²) in [4.78, 5) is 36.5. The van der Waals surface area contributed by atoms with Crippen LogP contribution in [-0.2, 0) is 4.79 Å². The number of alkyl halides is 1. The smallest absolute Gasteiger partial charge is 0.255 e. The molecule has 190 valence electrons. The molecule has 3 aromatic rings. The molecule has 1 aromatic carbocycles. The van der Waals surface area contributed by atoms with E-state index in [-0.39, 0.29) is 24.3 Å². The number of rotatable bonds is 7.